The van der Waals surface area contributed by atoms with Gasteiger partial charge >= 0.3 is 28.5 Å². The Bertz CT molecular complexity index is 1330. The van der Waals surface area contributed by atoms with Gasteiger partial charge in [0.05, 0.1) is 9.82 Å². The maximum Gasteiger partial charge on any atom is 0.461 e. The zero-order chi connectivity index (χ0) is 29.3. The van der Waals surface area contributed by atoms with E-state index in [2.05, 4.69) is 5.32 Å². The zero-order valence-electron chi connectivity index (χ0n) is 17.7. The summed E-state index contributed by atoms with van der Waals surface area (Å²) < 4.78 is 157. The SMILES string of the molecule is O=C(COc1ccc(S(=O)(=O)C(F)(F)C(F)(F)C(F)(F)F)cc1[N+](=O)[O-])Nc1cccc(SC(F)(F)F)c1. The molecule has 0 radical (unpaired) electrons. The number of amides is 1. The van der Waals surface area contributed by atoms with Crippen LogP contribution in [0.4, 0.5) is 55.3 Å². The van der Waals surface area contributed by atoms with Crippen LogP contribution in [0.25, 0.3) is 0 Å². The van der Waals surface area contributed by atoms with Gasteiger partial charge in [0.25, 0.3) is 15.7 Å². The van der Waals surface area contributed by atoms with Gasteiger partial charge in [-0.3, -0.25) is 14.9 Å². The van der Waals surface area contributed by atoms with E-state index in [9.17, 15) is 67.2 Å². The van der Waals surface area contributed by atoms with E-state index in [1.807, 2.05) is 0 Å². The summed E-state index contributed by atoms with van der Waals surface area (Å²) in [5.74, 6) is -9.19. The third-order valence-corrected chi connectivity index (χ3v) is 6.73. The molecular weight excluding hydrogens is 594 g/mol. The van der Waals surface area contributed by atoms with E-state index in [1.165, 1.54) is 0 Å². The standard InChI is InChI=1S/C18H10F10N2O6S2/c19-15(20,16(21,22)23)17(24,25)38(34,35)11-4-5-13(12(7-11)30(32)33)36-8-14(31)29-9-2-1-3-10(6-9)37-18(26,27)28/h1-7H,8H2,(H,29,31). The lowest BCUT2D eigenvalue weighted by molar-refractivity contribution is -0.386. The topological polar surface area (TPSA) is 116 Å². The number of nitrogens with one attached hydrogen (secondary N) is 1. The lowest BCUT2D eigenvalue weighted by Gasteiger charge is -2.27. The first kappa shape index (κ1) is 30.9. The van der Waals surface area contributed by atoms with Gasteiger partial charge in [0.15, 0.2) is 12.4 Å². The fourth-order valence-electron chi connectivity index (χ4n) is 2.52. The van der Waals surface area contributed by atoms with E-state index in [0.29, 0.717) is 0 Å². The summed E-state index contributed by atoms with van der Waals surface area (Å²) in [5, 5.41) is 6.52. The monoisotopic (exact) mass is 604 g/mol. The third-order valence-electron chi connectivity index (χ3n) is 4.21. The fourth-order valence-corrected chi connectivity index (χ4v) is 4.39. The van der Waals surface area contributed by atoms with Gasteiger partial charge in [-0.1, -0.05) is 6.07 Å². The number of rotatable bonds is 9. The number of ether oxygens (including phenoxy) is 1. The molecule has 0 unspecified atom stereocenters. The normalized spacial score (nSPS) is 13.2. The first-order chi connectivity index (χ1) is 17.1. The number of halogens is 10. The third kappa shape index (κ3) is 6.58. The molecule has 1 N–H and O–H groups in total. The highest BCUT2D eigenvalue weighted by Gasteiger charge is 2.78. The number of nitrogens with zero attached hydrogens (tertiary/aromatic N) is 1. The molecule has 0 aromatic heterocycles. The number of hydrogen-bond acceptors (Lipinski definition) is 7. The molecule has 0 spiro atoms. The molecule has 2 rings (SSSR count). The Morgan fingerprint density at radius 1 is 0.974 bits per heavy atom. The minimum atomic E-state index is -7.07. The van der Waals surface area contributed by atoms with Gasteiger partial charge < -0.3 is 10.1 Å². The molecule has 8 nitrogen and oxygen atoms in total. The minimum absolute atomic E-state index is 0.00771. The Hall–Kier alpha value is -3.29. The van der Waals surface area contributed by atoms with Crippen LogP contribution in [0.1, 0.15) is 0 Å². The average molecular weight is 604 g/mol. The summed E-state index contributed by atoms with van der Waals surface area (Å²) in [6.45, 7) is -1.12. The molecule has 38 heavy (non-hydrogen) atoms. The molecule has 2 aromatic carbocycles. The number of benzene rings is 2. The van der Waals surface area contributed by atoms with Crippen LogP contribution in [0.15, 0.2) is 52.3 Å². The highest BCUT2D eigenvalue weighted by Crippen LogP contribution is 2.51. The van der Waals surface area contributed by atoms with Crippen molar-refractivity contribution in [3.05, 3.63) is 52.6 Å². The number of nitro benzene ring substituents is 1. The summed E-state index contributed by atoms with van der Waals surface area (Å²) in [4.78, 5) is 19.4. The van der Waals surface area contributed by atoms with Gasteiger partial charge in [-0.25, -0.2) is 8.42 Å². The summed E-state index contributed by atoms with van der Waals surface area (Å²) in [7, 11) is -6.87. The molecule has 0 bridgehead atoms. The average Bonchev–Trinajstić information content (AvgIpc) is 2.75. The second-order valence-corrected chi connectivity index (χ2v) is 10.0. The quantitative estimate of drug-likeness (QED) is 0.167. The van der Waals surface area contributed by atoms with Gasteiger partial charge in [0.2, 0.25) is 0 Å². The van der Waals surface area contributed by atoms with Crippen molar-refractivity contribution in [2.24, 2.45) is 0 Å². The smallest absolute Gasteiger partial charge is 0.461 e. The van der Waals surface area contributed by atoms with Crippen LogP contribution in [0.2, 0.25) is 0 Å². The van der Waals surface area contributed by atoms with Crippen molar-refractivity contribution >= 4 is 38.9 Å². The van der Waals surface area contributed by atoms with Crippen molar-refractivity contribution in [3.8, 4) is 5.75 Å². The minimum Gasteiger partial charge on any atom is -0.477 e. The highest BCUT2D eigenvalue weighted by atomic mass is 32.2. The number of sulfone groups is 1. The number of carbonyl (C=O) groups excluding carboxylic acids is 1. The molecule has 0 saturated carbocycles. The highest BCUT2D eigenvalue weighted by molar-refractivity contribution is 8.00. The van der Waals surface area contributed by atoms with Crippen molar-refractivity contribution in [1.82, 2.24) is 0 Å². The maximum atomic E-state index is 13.8. The molecule has 0 heterocycles. The van der Waals surface area contributed by atoms with Crippen LogP contribution in [0.5, 0.6) is 5.75 Å². The molecule has 0 saturated heterocycles. The number of carbonyl (C=O) groups is 1. The lowest BCUT2D eigenvalue weighted by Crippen LogP contribution is -2.55. The number of alkyl halides is 10. The largest absolute Gasteiger partial charge is 0.477 e. The Kier molecular flexibility index (Phi) is 8.52. The van der Waals surface area contributed by atoms with E-state index >= 15 is 0 Å². The van der Waals surface area contributed by atoms with Crippen molar-refractivity contribution < 1.29 is 66.8 Å². The predicted molar refractivity (Wildman–Crippen MR) is 109 cm³/mol. The molecular formula is C18H10F10N2O6S2. The number of thioether (sulfide) groups is 1. The van der Waals surface area contributed by atoms with Crippen molar-refractivity contribution in [3.63, 3.8) is 0 Å². The predicted octanol–water partition coefficient (Wildman–Crippen LogP) is 5.79. The molecule has 0 aliphatic heterocycles. The Labute approximate surface area is 209 Å². The number of nitro groups is 1. The molecule has 0 fully saturated rings. The summed E-state index contributed by atoms with van der Waals surface area (Å²) >= 11 is -0.504. The molecule has 2 aromatic rings. The molecule has 0 aliphatic carbocycles. The van der Waals surface area contributed by atoms with Gasteiger partial charge in [-0.2, -0.15) is 43.9 Å². The van der Waals surface area contributed by atoms with Crippen LogP contribution in [-0.4, -0.2) is 48.7 Å². The first-order valence-electron chi connectivity index (χ1n) is 9.24. The van der Waals surface area contributed by atoms with E-state index in [4.69, 9.17) is 4.74 Å². The first-order valence-corrected chi connectivity index (χ1v) is 11.5. The zero-order valence-corrected chi connectivity index (χ0v) is 19.4. The summed E-state index contributed by atoms with van der Waals surface area (Å²) in [5.41, 5.74) is -6.32. The molecule has 210 valence electrons. The summed E-state index contributed by atoms with van der Waals surface area (Å²) in [6.07, 6.45) is -7.00. The Balaban J connectivity index is 2.27. The van der Waals surface area contributed by atoms with Gasteiger partial charge in [0.1, 0.15) is 0 Å². The molecule has 0 aliphatic rings. The van der Waals surface area contributed by atoms with Crippen molar-refractivity contribution in [1.29, 1.82) is 0 Å². The van der Waals surface area contributed by atoms with Crippen LogP contribution in [0, 0.1) is 10.1 Å². The maximum absolute atomic E-state index is 13.8. The van der Waals surface area contributed by atoms with Crippen LogP contribution >= 0.6 is 11.8 Å². The molecule has 20 heteroatoms. The molecule has 1 amide bonds. The summed E-state index contributed by atoms with van der Waals surface area (Å²) in [6, 6.07) is 4.27. The van der Waals surface area contributed by atoms with Crippen LogP contribution in [-0.2, 0) is 14.6 Å². The van der Waals surface area contributed by atoms with Gasteiger partial charge in [-0.15, -0.1) is 0 Å². The Morgan fingerprint density at radius 3 is 2.11 bits per heavy atom. The van der Waals surface area contributed by atoms with Crippen LogP contribution < -0.4 is 10.1 Å². The number of hydrogen-bond donors (Lipinski definition) is 1. The van der Waals surface area contributed by atoms with E-state index in [-0.39, 0.29) is 28.8 Å². The van der Waals surface area contributed by atoms with E-state index in [0.717, 1.165) is 24.3 Å². The van der Waals surface area contributed by atoms with Gasteiger partial charge in [0, 0.05) is 16.6 Å². The number of anilines is 1. The van der Waals surface area contributed by atoms with Crippen molar-refractivity contribution in [2.45, 2.75) is 32.7 Å². The van der Waals surface area contributed by atoms with Gasteiger partial charge in [-0.05, 0) is 42.1 Å². The van der Waals surface area contributed by atoms with E-state index in [1.54, 1.807) is 0 Å². The van der Waals surface area contributed by atoms with Crippen LogP contribution in [0.3, 0.4) is 0 Å². The fraction of sp³-hybridized carbons (Fsp3) is 0.278. The second kappa shape index (κ2) is 10.5. The Morgan fingerprint density at radius 2 is 1.58 bits per heavy atom. The molecule has 0 atom stereocenters. The van der Waals surface area contributed by atoms with Crippen molar-refractivity contribution in [2.75, 3.05) is 11.9 Å². The lowest BCUT2D eigenvalue weighted by atomic mass is 10.3. The van der Waals surface area contributed by atoms with E-state index < -0.39 is 78.2 Å². The second-order valence-electron chi connectivity index (χ2n) is 6.89.